The van der Waals surface area contributed by atoms with E-state index in [1.165, 1.54) is 11.3 Å². The van der Waals surface area contributed by atoms with Crippen molar-refractivity contribution in [2.75, 3.05) is 62.8 Å². The number of aromatic nitrogens is 1. The van der Waals surface area contributed by atoms with E-state index in [9.17, 15) is 9.90 Å². The Hall–Kier alpha value is -2.26. The summed E-state index contributed by atoms with van der Waals surface area (Å²) in [5, 5.41) is 15.6. The molecule has 2 N–H and O–H groups in total. The van der Waals surface area contributed by atoms with Gasteiger partial charge in [0.05, 0.1) is 31.5 Å². The molecule has 8 nitrogen and oxygen atoms in total. The molecule has 182 valence electrons. The van der Waals surface area contributed by atoms with Crippen LogP contribution in [0.1, 0.15) is 25.3 Å². The minimum atomic E-state index is -0.436. The van der Waals surface area contributed by atoms with Crippen LogP contribution in [0.25, 0.3) is 10.8 Å². The summed E-state index contributed by atoms with van der Waals surface area (Å²) in [6, 6.07) is 6.38. The second-order valence-corrected chi connectivity index (χ2v) is 10.8. The molecule has 1 amide bonds. The molecule has 2 aromatic rings. The normalized spacial score (nSPS) is 33.7. The molecule has 1 saturated carbocycles. The number of carbonyl (C=O) groups is 1. The maximum Gasteiger partial charge on any atom is 0.229 e. The van der Waals surface area contributed by atoms with Gasteiger partial charge in [0.15, 0.2) is 0 Å². The molecule has 1 aliphatic carbocycles. The van der Waals surface area contributed by atoms with Crippen LogP contribution in [0.4, 0.5) is 11.5 Å². The number of benzene rings is 1. The van der Waals surface area contributed by atoms with E-state index < -0.39 is 6.10 Å². The lowest BCUT2D eigenvalue weighted by atomic mass is 9.95. The smallest absolute Gasteiger partial charge is 0.229 e. The SMILES string of the molecule is Cc1cc2cnc(NC(=O)[C@@H]3C[C@@]34CCOC4)cc2cc1N1CCN([C@]2(C)COC[C@@H]2O)CC1. The zero-order valence-electron chi connectivity index (χ0n) is 20.0. The molecule has 0 radical (unpaired) electrons. The first-order valence-corrected chi connectivity index (χ1v) is 12.4. The molecule has 4 fully saturated rings. The van der Waals surface area contributed by atoms with Crippen LogP contribution >= 0.6 is 0 Å². The fraction of sp³-hybridized carbons (Fsp3) is 0.615. The maximum absolute atomic E-state index is 12.8. The van der Waals surface area contributed by atoms with Gasteiger partial charge in [0.25, 0.3) is 0 Å². The number of aliphatic hydroxyl groups is 1. The van der Waals surface area contributed by atoms with Gasteiger partial charge in [0.1, 0.15) is 5.82 Å². The number of ether oxygens (including phenoxy) is 2. The minimum Gasteiger partial charge on any atom is -0.389 e. The molecular formula is C26H34N4O4. The quantitative estimate of drug-likeness (QED) is 0.714. The molecule has 3 aliphatic heterocycles. The summed E-state index contributed by atoms with van der Waals surface area (Å²) in [5.41, 5.74) is 2.21. The number of nitrogens with one attached hydrogen (secondary N) is 1. The number of amides is 1. The third-order valence-electron chi connectivity index (χ3n) is 8.66. The number of hydrogen-bond donors (Lipinski definition) is 2. The summed E-state index contributed by atoms with van der Waals surface area (Å²) < 4.78 is 11.1. The highest BCUT2D eigenvalue weighted by atomic mass is 16.5. The highest BCUT2D eigenvalue weighted by Crippen LogP contribution is 2.58. The Morgan fingerprint density at radius 1 is 1.15 bits per heavy atom. The number of fused-ring (bicyclic) bond motifs is 1. The summed E-state index contributed by atoms with van der Waals surface area (Å²) >= 11 is 0. The summed E-state index contributed by atoms with van der Waals surface area (Å²) in [6.07, 6.45) is 3.32. The predicted molar refractivity (Wildman–Crippen MR) is 130 cm³/mol. The van der Waals surface area contributed by atoms with Crippen molar-refractivity contribution in [2.45, 2.75) is 38.3 Å². The van der Waals surface area contributed by atoms with Crippen LogP contribution in [-0.2, 0) is 14.3 Å². The second kappa shape index (κ2) is 8.16. The summed E-state index contributed by atoms with van der Waals surface area (Å²) in [6.45, 7) is 10.3. The molecule has 6 rings (SSSR count). The average Bonchev–Trinajstić information content (AvgIpc) is 3.14. The summed E-state index contributed by atoms with van der Waals surface area (Å²) in [4.78, 5) is 22.1. The van der Waals surface area contributed by atoms with Crippen molar-refractivity contribution < 1.29 is 19.4 Å². The zero-order chi connectivity index (χ0) is 23.5. The van der Waals surface area contributed by atoms with Crippen LogP contribution in [0.5, 0.6) is 0 Å². The number of aliphatic hydroxyl groups excluding tert-OH is 1. The van der Waals surface area contributed by atoms with Crippen molar-refractivity contribution in [2.24, 2.45) is 11.3 Å². The Labute approximate surface area is 200 Å². The molecule has 1 aromatic carbocycles. The van der Waals surface area contributed by atoms with E-state index in [1.54, 1.807) is 0 Å². The molecule has 3 saturated heterocycles. The molecule has 34 heavy (non-hydrogen) atoms. The van der Waals surface area contributed by atoms with E-state index in [2.05, 4.69) is 46.1 Å². The van der Waals surface area contributed by atoms with Gasteiger partial charge in [-0.15, -0.1) is 0 Å². The third-order valence-corrected chi connectivity index (χ3v) is 8.66. The van der Waals surface area contributed by atoms with E-state index in [4.69, 9.17) is 9.47 Å². The zero-order valence-corrected chi connectivity index (χ0v) is 20.0. The van der Waals surface area contributed by atoms with Gasteiger partial charge in [-0.2, -0.15) is 0 Å². The van der Waals surface area contributed by atoms with Gasteiger partial charge in [-0.05, 0) is 55.8 Å². The van der Waals surface area contributed by atoms with Crippen molar-refractivity contribution in [3.05, 3.63) is 30.0 Å². The Morgan fingerprint density at radius 2 is 1.97 bits per heavy atom. The van der Waals surface area contributed by atoms with E-state index >= 15 is 0 Å². The Balaban J connectivity index is 1.16. The van der Waals surface area contributed by atoms with Crippen LogP contribution < -0.4 is 10.2 Å². The number of pyridine rings is 1. The Bertz CT molecular complexity index is 1110. The van der Waals surface area contributed by atoms with Crippen LogP contribution in [0.15, 0.2) is 24.4 Å². The van der Waals surface area contributed by atoms with E-state index in [0.717, 1.165) is 56.4 Å². The predicted octanol–water partition coefficient (Wildman–Crippen LogP) is 2.18. The van der Waals surface area contributed by atoms with Gasteiger partial charge >= 0.3 is 0 Å². The van der Waals surface area contributed by atoms with Crippen molar-refractivity contribution in [3.63, 3.8) is 0 Å². The standard InChI is InChI=1S/C26H34N4O4/c1-17-9-19-13-27-23(28-24(32)20-12-26(20)3-8-33-16-26)11-18(19)10-21(17)29-4-6-30(7-5-29)25(2)15-34-14-22(25)31/h9-11,13,20,22,31H,3-8,12,14-16H2,1-2H3,(H,27,28,32)/t20-,22-,25+,26+/m0/s1. The lowest BCUT2D eigenvalue weighted by Crippen LogP contribution is -2.60. The van der Waals surface area contributed by atoms with Gasteiger partial charge in [0, 0.05) is 61.4 Å². The Kier molecular flexibility index (Phi) is 5.33. The van der Waals surface area contributed by atoms with Crippen LogP contribution in [0, 0.1) is 18.3 Å². The molecule has 4 atom stereocenters. The number of rotatable bonds is 4. The first kappa shape index (κ1) is 22.2. The second-order valence-electron chi connectivity index (χ2n) is 10.8. The average molecular weight is 467 g/mol. The summed E-state index contributed by atoms with van der Waals surface area (Å²) in [5.74, 6) is 0.719. The van der Waals surface area contributed by atoms with E-state index in [1.807, 2.05) is 12.3 Å². The fourth-order valence-electron chi connectivity index (χ4n) is 6.11. The monoisotopic (exact) mass is 466 g/mol. The molecule has 8 heteroatoms. The number of piperazine rings is 1. The number of aryl methyl sites for hydroxylation is 1. The number of hydrogen-bond acceptors (Lipinski definition) is 7. The maximum atomic E-state index is 12.8. The van der Waals surface area contributed by atoms with Gasteiger partial charge < -0.3 is 24.8 Å². The highest BCUT2D eigenvalue weighted by Gasteiger charge is 2.59. The third kappa shape index (κ3) is 3.68. The minimum absolute atomic E-state index is 0.0445. The topological polar surface area (TPSA) is 87.2 Å². The molecule has 0 bridgehead atoms. The van der Waals surface area contributed by atoms with Crippen molar-refractivity contribution in [1.82, 2.24) is 9.88 Å². The van der Waals surface area contributed by atoms with Gasteiger partial charge in [-0.1, -0.05) is 0 Å². The van der Waals surface area contributed by atoms with E-state index in [0.29, 0.717) is 25.6 Å². The van der Waals surface area contributed by atoms with E-state index in [-0.39, 0.29) is 22.8 Å². The first-order chi connectivity index (χ1) is 16.4. The molecule has 4 aliphatic rings. The lowest BCUT2D eigenvalue weighted by Gasteiger charge is -2.45. The van der Waals surface area contributed by atoms with Crippen LogP contribution in [0.2, 0.25) is 0 Å². The highest BCUT2D eigenvalue weighted by molar-refractivity contribution is 5.97. The number of anilines is 2. The van der Waals surface area contributed by atoms with Gasteiger partial charge in [0.2, 0.25) is 5.91 Å². The fourth-order valence-corrected chi connectivity index (χ4v) is 6.11. The first-order valence-electron chi connectivity index (χ1n) is 12.4. The lowest BCUT2D eigenvalue weighted by molar-refractivity contribution is -0.118. The summed E-state index contributed by atoms with van der Waals surface area (Å²) in [7, 11) is 0. The molecule has 1 aromatic heterocycles. The molecule has 1 spiro atoms. The Morgan fingerprint density at radius 3 is 2.68 bits per heavy atom. The molecule has 4 heterocycles. The van der Waals surface area contributed by atoms with Crippen LogP contribution in [-0.4, -0.2) is 85.1 Å². The van der Waals surface area contributed by atoms with Crippen molar-refractivity contribution in [3.8, 4) is 0 Å². The van der Waals surface area contributed by atoms with Gasteiger partial charge in [-0.3, -0.25) is 9.69 Å². The molecule has 0 unspecified atom stereocenters. The number of carbonyl (C=O) groups excluding carboxylic acids is 1. The van der Waals surface area contributed by atoms with Crippen molar-refractivity contribution in [1.29, 1.82) is 0 Å². The number of nitrogens with zero attached hydrogens (tertiary/aromatic N) is 3. The largest absolute Gasteiger partial charge is 0.389 e. The van der Waals surface area contributed by atoms with Gasteiger partial charge in [-0.25, -0.2) is 4.98 Å². The van der Waals surface area contributed by atoms with Crippen molar-refractivity contribution >= 4 is 28.2 Å². The van der Waals surface area contributed by atoms with Crippen LogP contribution in [0.3, 0.4) is 0 Å². The molecular weight excluding hydrogens is 432 g/mol.